The minimum absolute atomic E-state index is 0.0162. The second-order valence-corrected chi connectivity index (χ2v) is 7.28. The Bertz CT molecular complexity index is 753. The van der Waals surface area contributed by atoms with Gasteiger partial charge in [0, 0.05) is 12.4 Å². The van der Waals surface area contributed by atoms with Crippen LogP contribution in [0.15, 0.2) is 36.7 Å². The van der Waals surface area contributed by atoms with Crippen LogP contribution >= 0.6 is 0 Å². The van der Waals surface area contributed by atoms with E-state index in [1.807, 2.05) is 41.2 Å². The van der Waals surface area contributed by atoms with Gasteiger partial charge in [-0.05, 0) is 60.6 Å². The van der Waals surface area contributed by atoms with E-state index in [4.69, 9.17) is 9.47 Å². The Morgan fingerprint density at radius 1 is 1.19 bits per heavy atom. The molecule has 2 atom stereocenters. The molecule has 0 saturated carbocycles. The quantitative estimate of drug-likeness (QED) is 0.819. The molecule has 140 valence electrons. The van der Waals surface area contributed by atoms with Crippen LogP contribution in [0.3, 0.4) is 0 Å². The summed E-state index contributed by atoms with van der Waals surface area (Å²) >= 11 is 0. The molecule has 5 heteroatoms. The zero-order chi connectivity index (χ0) is 18.7. The SMILES string of the molecule is COc1cc2c(cc1OC)C(NC(=O)C(CC(C)C)n1cccc1)CC2. The van der Waals surface area contributed by atoms with Gasteiger partial charge >= 0.3 is 0 Å². The lowest BCUT2D eigenvalue weighted by atomic mass is 10.0. The van der Waals surface area contributed by atoms with Gasteiger partial charge in [-0.25, -0.2) is 0 Å². The molecule has 1 aromatic carbocycles. The largest absolute Gasteiger partial charge is 0.493 e. The van der Waals surface area contributed by atoms with E-state index in [0.29, 0.717) is 11.7 Å². The van der Waals surface area contributed by atoms with Crippen molar-refractivity contribution in [2.24, 2.45) is 5.92 Å². The maximum atomic E-state index is 13.0. The van der Waals surface area contributed by atoms with E-state index >= 15 is 0 Å². The molecule has 2 aromatic rings. The molecule has 26 heavy (non-hydrogen) atoms. The van der Waals surface area contributed by atoms with Gasteiger partial charge in [0.1, 0.15) is 6.04 Å². The molecule has 2 unspecified atom stereocenters. The summed E-state index contributed by atoms with van der Waals surface area (Å²) in [6.07, 6.45) is 6.56. The maximum Gasteiger partial charge on any atom is 0.243 e. The fourth-order valence-corrected chi connectivity index (χ4v) is 3.72. The summed E-state index contributed by atoms with van der Waals surface area (Å²) < 4.78 is 12.8. The van der Waals surface area contributed by atoms with E-state index in [9.17, 15) is 4.79 Å². The van der Waals surface area contributed by atoms with Gasteiger partial charge in [0.2, 0.25) is 5.91 Å². The highest BCUT2D eigenvalue weighted by Crippen LogP contribution is 2.39. The average molecular weight is 356 g/mol. The lowest BCUT2D eigenvalue weighted by Crippen LogP contribution is -2.35. The van der Waals surface area contributed by atoms with Crippen molar-refractivity contribution in [3.63, 3.8) is 0 Å². The van der Waals surface area contributed by atoms with Gasteiger partial charge in [-0.15, -0.1) is 0 Å². The van der Waals surface area contributed by atoms with Crippen LogP contribution < -0.4 is 14.8 Å². The average Bonchev–Trinajstić information content (AvgIpc) is 3.28. The number of nitrogens with one attached hydrogen (secondary N) is 1. The number of aryl methyl sites for hydroxylation is 1. The fraction of sp³-hybridized carbons (Fsp3) is 0.476. The van der Waals surface area contributed by atoms with Crippen LogP contribution in [0.1, 0.15) is 49.9 Å². The maximum absolute atomic E-state index is 13.0. The Balaban J connectivity index is 1.80. The smallest absolute Gasteiger partial charge is 0.243 e. The summed E-state index contributed by atoms with van der Waals surface area (Å²) in [5, 5.41) is 3.26. The predicted molar refractivity (Wildman–Crippen MR) is 102 cm³/mol. The molecular formula is C21H28N2O3. The second-order valence-electron chi connectivity index (χ2n) is 7.28. The molecular weight excluding hydrogens is 328 g/mol. The molecule has 1 aliphatic rings. The minimum atomic E-state index is -0.186. The van der Waals surface area contributed by atoms with E-state index in [2.05, 4.69) is 19.2 Å². The Kier molecular flexibility index (Phi) is 5.55. The number of methoxy groups -OCH3 is 2. The standard InChI is InChI=1S/C21H28N2O3/c1-14(2)11-18(23-9-5-6-10-23)21(24)22-17-8-7-15-12-19(25-3)20(26-4)13-16(15)17/h5-6,9-10,12-14,17-18H,7-8,11H2,1-4H3,(H,22,24). The summed E-state index contributed by atoms with van der Waals surface area (Å²) in [4.78, 5) is 13.0. The van der Waals surface area contributed by atoms with Crippen molar-refractivity contribution in [2.45, 2.75) is 45.2 Å². The lowest BCUT2D eigenvalue weighted by Gasteiger charge is -2.23. The minimum Gasteiger partial charge on any atom is -0.493 e. The van der Waals surface area contributed by atoms with Crippen LogP contribution in [0.5, 0.6) is 11.5 Å². The number of amides is 1. The summed E-state index contributed by atoms with van der Waals surface area (Å²) in [6.45, 7) is 4.29. The summed E-state index contributed by atoms with van der Waals surface area (Å²) in [6, 6.07) is 7.78. The van der Waals surface area contributed by atoms with E-state index in [-0.39, 0.29) is 18.0 Å². The molecule has 0 fully saturated rings. The van der Waals surface area contributed by atoms with E-state index in [0.717, 1.165) is 30.6 Å². The number of benzene rings is 1. The van der Waals surface area contributed by atoms with Gasteiger partial charge in [-0.1, -0.05) is 13.8 Å². The third kappa shape index (κ3) is 3.71. The Morgan fingerprint density at radius 3 is 2.46 bits per heavy atom. The van der Waals surface area contributed by atoms with E-state index in [1.165, 1.54) is 5.56 Å². The van der Waals surface area contributed by atoms with Crippen molar-refractivity contribution in [1.82, 2.24) is 9.88 Å². The number of hydrogen-bond donors (Lipinski definition) is 1. The first-order valence-electron chi connectivity index (χ1n) is 9.21. The summed E-state index contributed by atoms with van der Waals surface area (Å²) in [5.41, 5.74) is 2.35. The number of hydrogen-bond acceptors (Lipinski definition) is 3. The molecule has 3 rings (SSSR count). The number of carbonyl (C=O) groups is 1. The van der Waals surface area contributed by atoms with Crippen molar-refractivity contribution in [1.29, 1.82) is 0 Å². The first-order chi connectivity index (χ1) is 12.5. The highest BCUT2D eigenvalue weighted by molar-refractivity contribution is 5.81. The third-order valence-corrected chi connectivity index (χ3v) is 5.02. The van der Waals surface area contributed by atoms with Crippen LogP contribution in [0.25, 0.3) is 0 Å². The molecule has 1 N–H and O–H groups in total. The molecule has 0 spiro atoms. The Hall–Kier alpha value is -2.43. The van der Waals surface area contributed by atoms with Crippen LogP contribution in [0.2, 0.25) is 0 Å². The summed E-state index contributed by atoms with van der Waals surface area (Å²) in [5.74, 6) is 1.95. The second kappa shape index (κ2) is 7.85. The molecule has 0 saturated heterocycles. The number of nitrogens with zero attached hydrogens (tertiary/aromatic N) is 1. The molecule has 0 radical (unpaired) electrons. The van der Waals surface area contributed by atoms with Crippen molar-refractivity contribution in [3.05, 3.63) is 47.8 Å². The first-order valence-corrected chi connectivity index (χ1v) is 9.21. The third-order valence-electron chi connectivity index (χ3n) is 5.02. The van der Waals surface area contributed by atoms with Crippen molar-refractivity contribution in [3.8, 4) is 11.5 Å². The van der Waals surface area contributed by atoms with Crippen LogP contribution in [-0.2, 0) is 11.2 Å². The number of carbonyl (C=O) groups excluding carboxylic acids is 1. The number of aromatic nitrogens is 1. The highest BCUT2D eigenvalue weighted by atomic mass is 16.5. The summed E-state index contributed by atoms with van der Waals surface area (Å²) in [7, 11) is 3.28. The number of ether oxygens (including phenoxy) is 2. The van der Waals surface area contributed by atoms with Crippen LogP contribution in [0.4, 0.5) is 0 Å². The molecule has 0 bridgehead atoms. The monoisotopic (exact) mass is 356 g/mol. The number of fused-ring (bicyclic) bond motifs is 1. The molecule has 5 nitrogen and oxygen atoms in total. The van der Waals surface area contributed by atoms with Gasteiger partial charge in [-0.3, -0.25) is 4.79 Å². The normalized spacial score (nSPS) is 17.0. The molecule has 0 aliphatic heterocycles. The highest BCUT2D eigenvalue weighted by Gasteiger charge is 2.29. The van der Waals surface area contributed by atoms with Gasteiger partial charge in [0.05, 0.1) is 20.3 Å². The molecule has 1 aromatic heterocycles. The van der Waals surface area contributed by atoms with Crippen molar-refractivity contribution < 1.29 is 14.3 Å². The molecule has 1 heterocycles. The van der Waals surface area contributed by atoms with Crippen molar-refractivity contribution >= 4 is 5.91 Å². The molecule has 1 aliphatic carbocycles. The van der Waals surface area contributed by atoms with Gasteiger partial charge in [-0.2, -0.15) is 0 Å². The predicted octanol–water partition coefficient (Wildman–Crippen LogP) is 3.90. The molecule has 1 amide bonds. The zero-order valence-electron chi connectivity index (χ0n) is 16.0. The number of rotatable bonds is 7. The lowest BCUT2D eigenvalue weighted by molar-refractivity contribution is -0.125. The van der Waals surface area contributed by atoms with Crippen molar-refractivity contribution in [2.75, 3.05) is 14.2 Å². The van der Waals surface area contributed by atoms with Gasteiger partial charge in [0.15, 0.2) is 11.5 Å². The fourth-order valence-electron chi connectivity index (χ4n) is 3.72. The van der Waals surface area contributed by atoms with Gasteiger partial charge < -0.3 is 19.4 Å². The topological polar surface area (TPSA) is 52.5 Å². The Morgan fingerprint density at radius 2 is 1.85 bits per heavy atom. The van der Waals surface area contributed by atoms with E-state index in [1.54, 1.807) is 14.2 Å². The first kappa shape index (κ1) is 18.4. The van der Waals surface area contributed by atoms with Crippen LogP contribution in [0, 0.1) is 5.92 Å². The van der Waals surface area contributed by atoms with Gasteiger partial charge in [0.25, 0.3) is 0 Å². The van der Waals surface area contributed by atoms with E-state index < -0.39 is 0 Å². The Labute approximate surface area is 155 Å². The van der Waals surface area contributed by atoms with Crippen LogP contribution in [-0.4, -0.2) is 24.7 Å². The zero-order valence-corrected chi connectivity index (χ0v) is 16.0.